The van der Waals surface area contributed by atoms with E-state index in [2.05, 4.69) is 11.0 Å². The minimum absolute atomic E-state index is 0.0256. The van der Waals surface area contributed by atoms with Crippen molar-refractivity contribution in [1.29, 1.82) is 0 Å². The standard InChI is InChI=1S/C19H30N2O4/c1-15-4-5-16(25-15)12-20-8-6-19(7-9-20)14-21(10-11-23-2)18(22)17(19)13-24-3/h4-5,17H,6-14H2,1-3H3/t17-/m0/s1. The van der Waals surface area contributed by atoms with Gasteiger partial charge in [0.15, 0.2) is 0 Å². The Morgan fingerprint density at radius 2 is 2.00 bits per heavy atom. The largest absolute Gasteiger partial charge is 0.465 e. The Hall–Kier alpha value is -1.37. The third kappa shape index (κ3) is 3.91. The lowest BCUT2D eigenvalue weighted by Gasteiger charge is -2.41. The van der Waals surface area contributed by atoms with Gasteiger partial charge in [0, 0.05) is 32.7 Å². The number of hydrogen-bond donors (Lipinski definition) is 0. The molecule has 0 radical (unpaired) electrons. The summed E-state index contributed by atoms with van der Waals surface area (Å²) in [4.78, 5) is 17.2. The molecule has 6 heteroatoms. The van der Waals surface area contributed by atoms with Gasteiger partial charge < -0.3 is 18.8 Å². The van der Waals surface area contributed by atoms with Crippen LogP contribution in [0.2, 0.25) is 0 Å². The van der Waals surface area contributed by atoms with Gasteiger partial charge in [-0.1, -0.05) is 0 Å². The maximum atomic E-state index is 12.8. The second-order valence-electron chi connectivity index (χ2n) is 7.41. The van der Waals surface area contributed by atoms with Gasteiger partial charge in [-0.15, -0.1) is 0 Å². The van der Waals surface area contributed by atoms with Gasteiger partial charge in [0.1, 0.15) is 11.5 Å². The van der Waals surface area contributed by atoms with Crippen LogP contribution in [0.4, 0.5) is 0 Å². The number of aryl methyl sites for hydroxylation is 1. The smallest absolute Gasteiger partial charge is 0.228 e. The fourth-order valence-electron chi connectivity index (χ4n) is 4.31. The monoisotopic (exact) mass is 350 g/mol. The van der Waals surface area contributed by atoms with Crippen molar-refractivity contribution in [3.63, 3.8) is 0 Å². The maximum Gasteiger partial charge on any atom is 0.228 e. The van der Waals surface area contributed by atoms with Crippen LogP contribution in [-0.4, -0.2) is 69.3 Å². The lowest BCUT2D eigenvalue weighted by atomic mass is 9.71. The minimum Gasteiger partial charge on any atom is -0.465 e. The lowest BCUT2D eigenvalue weighted by Crippen LogP contribution is -2.45. The van der Waals surface area contributed by atoms with Crippen LogP contribution in [0.5, 0.6) is 0 Å². The summed E-state index contributed by atoms with van der Waals surface area (Å²) >= 11 is 0. The number of ether oxygens (including phenoxy) is 2. The molecule has 2 fully saturated rings. The molecule has 0 aromatic carbocycles. The first kappa shape index (κ1) is 18.4. The molecule has 3 rings (SSSR count). The summed E-state index contributed by atoms with van der Waals surface area (Å²) < 4.78 is 16.3. The van der Waals surface area contributed by atoms with Crippen LogP contribution in [-0.2, 0) is 20.8 Å². The van der Waals surface area contributed by atoms with E-state index < -0.39 is 0 Å². The van der Waals surface area contributed by atoms with Gasteiger partial charge in [0.25, 0.3) is 0 Å². The van der Waals surface area contributed by atoms with Crippen LogP contribution < -0.4 is 0 Å². The van der Waals surface area contributed by atoms with Gasteiger partial charge in [-0.05, 0) is 45.0 Å². The van der Waals surface area contributed by atoms with Crippen LogP contribution in [0.25, 0.3) is 0 Å². The van der Waals surface area contributed by atoms with Crippen molar-refractivity contribution in [2.75, 3.05) is 53.6 Å². The maximum absolute atomic E-state index is 12.8. The molecule has 0 aliphatic carbocycles. The zero-order chi connectivity index (χ0) is 17.9. The molecule has 0 unspecified atom stereocenters. The number of carbonyl (C=O) groups is 1. The number of hydrogen-bond acceptors (Lipinski definition) is 5. The van der Waals surface area contributed by atoms with E-state index >= 15 is 0 Å². The Labute approximate surface area is 150 Å². The Morgan fingerprint density at radius 1 is 1.24 bits per heavy atom. The van der Waals surface area contributed by atoms with E-state index in [1.54, 1.807) is 14.2 Å². The first-order valence-corrected chi connectivity index (χ1v) is 9.12. The first-order valence-electron chi connectivity index (χ1n) is 9.12. The highest BCUT2D eigenvalue weighted by Crippen LogP contribution is 2.45. The molecule has 3 heterocycles. The highest BCUT2D eigenvalue weighted by molar-refractivity contribution is 5.82. The van der Waals surface area contributed by atoms with Crippen molar-refractivity contribution in [1.82, 2.24) is 9.80 Å². The summed E-state index contributed by atoms with van der Waals surface area (Å²) in [5, 5.41) is 0. The predicted octanol–water partition coefficient (Wildman–Crippen LogP) is 1.92. The zero-order valence-electron chi connectivity index (χ0n) is 15.6. The molecule has 2 saturated heterocycles. The highest BCUT2D eigenvalue weighted by Gasteiger charge is 2.52. The molecule has 25 heavy (non-hydrogen) atoms. The van der Waals surface area contributed by atoms with Crippen molar-refractivity contribution in [2.24, 2.45) is 11.3 Å². The van der Waals surface area contributed by atoms with E-state index in [0.29, 0.717) is 19.8 Å². The fraction of sp³-hybridized carbons (Fsp3) is 0.737. The number of carbonyl (C=O) groups excluding carboxylic acids is 1. The van der Waals surface area contributed by atoms with Crippen molar-refractivity contribution in [2.45, 2.75) is 26.3 Å². The van der Waals surface area contributed by atoms with Crippen molar-refractivity contribution in [3.05, 3.63) is 23.7 Å². The molecule has 1 aromatic heterocycles. The van der Waals surface area contributed by atoms with Crippen molar-refractivity contribution < 1.29 is 18.7 Å². The van der Waals surface area contributed by atoms with Crippen LogP contribution in [0.15, 0.2) is 16.5 Å². The van der Waals surface area contributed by atoms with Gasteiger partial charge in [0.2, 0.25) is 5.91 Å². The molecule has 140 valence electrons. The highest BCUT2D eigenvalue weighted by atomic mass is 16.5. The van der Waals surface area contributed by atoms with Gasteiger partial charge in [-0.25, -0.2) is 0 Å². The Morgan fingerprint density at radius 3 is 2.60 bits per heavy atom. The number of nitrogens with zero attached hydrogens (tertiary/aromatic N) is 2. The van der Waals surface area contributed by atoms with E-state index in [9.17, 15) is 4.79 Å². The van der Waals surface area contributed by atoms with Gasteiger partial charge in [-0.2, -0.15) is 0 Å². The molecule has 0 saturated carbocycles. The molecule has 1 aromatic rings. The van der Waals surface area contributed by atoms with E-state index in [1.165, 1.54) is 0 Å². The zero-order valence-corrected chi connectivity index (χ0v) is 15.6. The van der Waals surface area contributed by atoms with Gasteiger partial charge >= 0.3 is 0 Å². The molecule has 6 nitrogen and oxygen atoms in total. The Kier molecular flexibility index (Phi) is 5.81. The molecular weight excluding hydrogens is 320 g/mol. The summed E-state index contributed by atoms with van der Waals surface area (Å²) in [6.45, 7) is 7.41. The van der Waals surface area contributed by atoms with Crippen LogP contribution in [0.1, 0.15) is 24.4 Å². The van der Waals surface area contributed by atoms with Crippen LogP contribution in [0, 0.1) is 18.3 Å². The molecule has 0 bridgehead atoms. The van der Waals surface area contributed by atoms with E-state index in [-0.39, 0.29) is 17.2 Å². The fourth-order valence-corrected chi connectivity index (χ4v) is 4.31. The summed E-state index contributed by atoms with van der Waals surface area (Å²) in [6.07, 6.45) is 2.05. The summed E-state index contributed by atoms with van der Waals surface area (Å²) in [6, 6.07) is 4.07. The molecule has 1 atom stereocenters. The van der Waals surface area contributed by atoms with Crippen molar-refractivity contribution in [3.8, 4) is 0 Å². The Balaban J connectivity index is 1.63. The summed E-state index contributed by atoms with van der Waals surface area (Å²) in [5.74, 6) is 2.18. The molecule has 2 aliphatic rings. The molecule has 2 aliphatic heterocycles. The SMILES string of the molecule is COCCN1CC2(CCN(Cc3ccc(C)o3)CC2)[C@@H](COC)C1=O. The van der Waals surface area contributed by atoms with E-state index in [0.717, 1.165) is 50.5 Å². The van der Waals surface area contributed by atoms with Crippen LogP contribution in [0.3, 0.4) is 0 Å². The number of likely N-dealkylation sites (tertiary alicyclic amines) is 2. The van der Waals surface area contributed by atoms with E-state index in [1.807, 2.05) is 17.9 Å². The molecule has 0 N–H and O–H groups in total. The molecule has 1 spiro atoms. The Bertz CT molecular complexity index is 578. The number of furan rings is 1. The number of amides is 1. The number of methoxy groups -OCH3 is 2. The van der Waals surface area contributed by atoms with Crippen LogP contribution >= 0.6 is 0 Å². The normalized spacial score (nSPS) is 23.7. The second-order valence-corrected chi connectivity index (χ2v) is 7.41. The van der Waals surface area contributed by atoms with Gasteiger partial charge in [0.05, 0.1) is 25.7 Å². The quantitative estimate of drug-likeness (QED) is 0.752. The molecule has 1 amide bonds. The number of rotatable bonds is 7. The minimum atomic E-state index is -0.0256. The topological polar surface area (TPSA) is 55.1 Å². The first-order chi connectivity index (χ1) is 12.1. The average Bonchev–Trinajstić information content (AvgIpc) is 3.12. The average molecular weight is 350 g/mol. The van der Waals surface area contributed by atoms with Crippen molar-refractivity contribution >= 4 is 5.91 Å². The predicted molar refractivity (Wildman–Crippen MR) is 94.2 cm³/mol. The third-order valence-electron chi connectivity index (χ3n) is 5.78. The number of piperidine rings is 1. The third-order valence-corrected chi connectivity index (χ3v) is 5.78. The molecular formula is C19H30N2O4. The van der Waals surface area contributed by atoms with E-state index in [4.69, 9.17) is 13.9 Å². The van der Waals surface area contributed by atoms with Gasteiger partial charge in [-0.3, -0.25) is 9.69 Å². The lowest BCUT2D eigenvalue weighted by molar-refractivity contribution is -0.134. The summed E-state index contributed by atoms with van der Waals surface area (Å²) in [7, 11) is 3.37. The second kappa shape index (κ2) is 7.89. The summed E-state index contributed by atoms with van der Waals surface area (Å²) in [5.41, 5.74) is 0.0381.